The van der Waals surface area contributed by atoms with Crippen molar-refractivity contribution in [2.75, 3.05) is 32.6 Å². The van der Waals surface area contributed by atoms with Gasteiger partial charge in [0.1, 0.15) is 5.82 Å². The Bertz CT molecular complexity index is 680. The van der Waals surface area contributed by atoms with Crippen LogP contribution in [0, 0.1) is 0 Å². The van der Waals surface area contributed by atoms with Crippen molar-refractivity contribution in [2.24, 2.45) is 12.0 Å². The van der Waals surface area contributed by atoms with Crippen molar-refractivity contribution in [3.05, 3.63) is 47.9 Å². The number of hydrogen-bond donors (Lipinski definition) is 1. The monoisotopic (exact) mass is 456 g/mol. The van der Waals surface area contributed by atoms with E-state index in [2.05, 4.69) is 65.2 Å². The molecule has 0 aliphatic carbocycles. The van der Waals surface area contributed by atoms with Gasteiger partial charge in [0.2, 0.25) is 0 Å². The summed E-state index contributed by atoms with van der Waals surface area (Å²) < 4.78 is 2.13. The van der Waals surface area contributed by atoms with Crippen molar-refractivity contribution in [3.8, 4) is 0 Å². The highest BCUT2D eigenvalue weighted by molar-refractivity contribution is 14.0. The van der Waals surface area contributed by atoms with E-state index in [1.165, 1.54) is 5.69 Å². The summed E-state index contributed by atoms with van der Waals surface area (Å²) >= 11 is 0. The quantitative estimate of drug-likeness (QED) is 0.413. The summed E-state index contributed by atoms with van der Waals surface area (Å²) in [4.78, 5) is 13.3. The molecule has 0 aliphatic heterocycles. The number of hydrogen-bond acceptors (Lipinski definition) is 3. The van der Waals surface area contributed by atoms with Crippen LogP contribution in [0.2, 0.25) is 0 Å². The number of aryl methyl sites for hydroxylation is 1. The average molecular weight is 456 g/mol. The maximum Gasteiger partial charge on any atom is 0.194 e. The van der Waals surface area contributed by atoms with Gasteiger partial charge in [0.15, 0.2) is 5.96 Å². The van der Waals surface area contributed by atoms with E-state index in [0.29, 0.717) is 6.54 Å². The molecule has 1 N–H and O–H groups in total. The fourth-order valence-electron chi connectivity index (χ4n) is 2.42. The summed E-state index contributed by atoms with van der Waals surface area (Å²) in [5.41, 5.74) is 2.40. The van der Waals surface area contributed by atoms with Gasteiger partial charge in [-0.3, -0.25) is 0 Å². The molecule has 138 valence electrons. The summed E-state index contributed by atoms with van der Waals surface area (Å²) in [5, 5.41) is 3.36. The summed E-state index contributed by atoms with van der Waals surface area (Å²) in [6, 6.07) is 8.28. The summed E-state index contributed by atoms with van der Waals surface area (Å²) in [6.45, 7) is 4.37. The lowest BCUT2D eigenvalue weighted by atomic mass is 10.2. The first-order valence-electron chi connectivity index (χ1n) is 8.23. The highest BCUT2D eigenvalue weighted by Crippen LogP contribution is 2.11. The lowest BCUT2D eigenvalue weighted by molar-refractivity contribution is 0.462. The first kappa shape index (κ1) is 21.3. The molecule has 25 heavy (non-hydrogen) atoms. The Labute approximate surface area is 168 Å². The van der Waals surface area contributed by atoms with Crippen LogP contribution in [0.25, 0.3) is 0 Å². The van der Waals surface area contributed by atoms with Gasteiger partial charge in [-0.15, -0.1) is 24.0 Å². The molecule has 0 unspecified atom stereocenters. The summed E-state index contributed by atoms with van der Waals surface area (Å²) in [5.74, 6) is 1.85. The van der Waals surface area contributed by atoms with Crippen molar-refractivity contribution in [1.82, 2.24) is 19.8 Å². The van der Waals surface area contributed by atoms with Crippen molar-refractivity contribution >= 4 is 35.8 Å². The number of aromatic nitrogens is 2. The van der Waals surface area contributed by atoms with Gasteiger partial charge in [0, 0.05) is 52.8 Å². The highest BCUT2D eigenvalue weighted by atomic mass is 127. The molecular weight excluding hydrogens is 427 g/mol. The Morgan fingerprint density at radius 2 is 2.04 bits per heavy atom. The van der Waals surface area contributed by atoms with E-state index < -0.39 is 0 Å². The van der Waals surface area contributed by atoms with Gasteiger partial charge in [-0.25, -0.2) is 9.98 Å². The van der Waals surface area contributed by atoms with E-state index in [9.17, 15) is 0 Å². The van der Waals surface area contributed by atoms with Gasteiger partial charge in [-0.05, 0) is 36.8 Å². The first-order valence-corrected chi connectivity index (χ1v) is 8.23. The predicted molar refractivity (Wildman–Crippen MR) is 116 cm³/mol. The molecule has 6 nitrogen and oxygen atoms in total. The van der Waals surface area contributed by atoms with Gasteiger partial charge in [-0.1, -0.05) is 0 Å². The van der Waals surface area contributed by atoms with E-state index in [1.807, 2.05) is 31.3 Å². The van der Waals surface area contributed by atoms with Crippen LogP contribution in [0.1, 0.15) is 18.2 Å². The Morgan fingerprint density at radius 1 is 1.28 bits per heavy atom. The van der Waals surface area contributed by atoms with Gasteiger partial charge >= 0.3 is 0 Å². The van der Waals surface area contributed by atoms with Gasteiger partial charge in [0.25, 0.3) is 0 Å². The molecular formula is C18H29IN6. The lowest BCUT2D eigenvalue weighted by Gasteiger charge is -2.22. The maximum absolute atomic E-state index is 4.77. The molecule has 0 saturated carbocycles. The van der Waals surface area contributed by atoms with E-state index in [1.54, 1.807) is 0 Å². The minimum Gasteiger partial charge on any atom is -0.363 e. The van der Waals surface area contributed by atoms with Crippen molar-refractivity contribution in [2.45, 2.75) is 20.0 Å². The number of guanidine groups is 1. The van der Waals surface area contributed by atoms with Crippen LogP contribution in [0.4, 0.5) is 5.82 Å². The topological polar surface area (TPSA) is 48.7 Å². The molecule has 2 rings (SSSR count). The summed E-state index contributed by atoms with van der Waals surface area (Å²) in [6.07, 6.45) is 3.90. The fourth-order valence-corrected chi connectivity index (χ4v) is 2.42. The Morgan fingerprint density at radius 3 is 2.64 bits per heavy atom. The normalized spacial score (nSPS) is 11.0. The second-order valence-electron chi connectivity index (χ2n) is 6.05. The smallest absolute Gasteiger partial charge is 0.194 e. The molecule has 0 fully saturated rings. The molecule has 0 aliphatic rings. The van der Waals surface area contributed by atoms with Gasteiger partial charge in [-0.2, -0.15) is 0 Å². The van der Waals surface area contributed by atoms with Crippen molar-refractivity contribution < 1.29 is 0 Å². The molecule has 0 aromatic carbocycles. The Kier molecular flexibility index (Phi) is 8.74. The van der Waals surface area contributed by atoms with Crippen LogP contribution in [0.5, 0.6) is 0 Å². The number of anilines is 1. The van der Waals surface area contributed by atoms with Crippen LogP contribution in [-0.4, -0.2) is 48.1 Å². The summed E-state index contributed by atoms with van der Waals surface area (Å²) in [7, 11) is 8.11. The largest absolute Gasteiger partial charge is 0.363 e. The fraction of sp³-hybridized carbons (Fsp3) is 0.444. The third kappa shape index (κ3) is 6.22. The van der Waals surface area contributed by atoms with Crippen molar-refractivity contribution in [1.29, 1.82) is 0 Å². The molecule has 0 spiro atoms. The van der Waals surface area contributed by atoms with E-state index >= 15 is 0 Å². The average Bonchev–Trinajstić information content (AvgIpc) is 2.96. The molecule has 0 saturated heterocycles. The molecule has 2 heterocycles. The van der Waals surface area contributed by atoms with Crippen LogP contribution >= 0.6 is 24.0 Å². The second kappa shape index (κ2) is 10.3. The minimum atomic E-state index is 0. The number of aliphatic imine (C=N–C) groups is 1. The number of nitrogens with zero attached hydrogens (tertiary/aromatic N) is 5. The third-order valence-electron chi connectivity index (χ3n) is 3.83. The second-order valence-corrected chi connectivity index (χ2v) is 6.05. The lowest BCUT2D eigenvalue weighted by Crippen LogP contribution is -2.38. The van der Waals surface area contributed by atoms with Crippen LogP contribution in [0.3, 0.4) is 0 Å². The first-order chi connectivity index (χ1) is 11.5. The SMILES string of the molecule is CCNC(=NCc1ccnc(N(C)C)c1)N(C)Cc1cccn1C.I. The number of rotatable bonds is 6. The van der Waals surface area contributed by atoms with E-state index in [4.69, 9.17) is 4.99 Å². The maximum atomic E-state index is 4.77. The van der Waals surface area contributed by atoms with E-state index in [-0.39, 0.29) is 24.0 Å². The molecule has 0 bridgehead atoms. The Hall–Kier alpha value is -1.77. The minimum absolute atomic E-state index is 0. The van der Waals surface area contributed by atoms with Crippen molar-refractivity contribution in [3.63, 3.8) is 0 Å². The molecule has 0 amide bonds. The zero-order chi connectivity index (χ0) is 17.5. The number of nitrogens with one attached hydrogen (secondary N) is 1. The van der Waals surface area contributed by atoms with Gasteiger partial charge < -0.3 is 19.7 Å². The molecule has 7 heteroatoms. The third-order valence-corrected chi connectivity index (χ3v) is 3.83. The number of halogens is 1. The predicted octanol–water partition coefficient (Wildman–Crippen LogP) is 2.70. The zero-order valence-electron chi connectivity index (χ0n) is 15.7. The standard InChI is InChI=1S/C18H28N6.HI/c1-6-19-18(24(5)14-16-8-7-11-23(16)4)21-13-15-9-10-20-17(12-15)22(2)3;/h7-12H,6,13-14H2,1-5H3,(H,19,21);1H. The van der Waals surface area contributed by atoms with Gasteiger partial charge in [0.05, 0.1) is 13.1 Å². The zero-order valence-corrected chi connectivity index (χ0v) is 18.1. The van der Waals surface area contributed by atoms with Crippen LogP contribution in [-0.2, 0) is 20.1 Å². The molecule has 0 radical (unpaired) electrons. The van der Waals surface area contributed by atoms with E-state index in [0.717, 1.165) is 30.4 Å². The molecule has 2 aromatic heterocycles. The van der Waals surface area contributed by atoms with Crippen LogP contribution < -0.4 is 10.2 Å². The number of pyridine rings is 1. The highest BCUT2D eigenvalue weighted by Gasteiger charge is 2.08. The molecule has 0 atom stereocenters. The Balaban J connectivity index is 0.00000312. The van der Waals surface area contributed by atoms with Crippen LogP contribution in [0.15, 0.2) is 41.7 Å². The molecule has 2 aromatic rings.